The van der Waals surface area contributed by atoms with Crippen molar-refractivity contribution in [3.63, 3.8) is 0 Å². The number of hydrogen-bond donors (Lipinski definition) is 4. The third kappa shape index (κ3) is 2.44. The van der Waals surface area contributed by atoms with Crippen LogP contribution in [0.1, 0.15) is 13.3 Å². The molecule has 0 aromatic rings. The Balaban J connectivity index is 2.63. The Morgan fingerprint density at radius 3 is 2.86 bits per heavy atom. The lowest BCUT2D eigenvalue weighted by atomic mass is 9.97. The van der Waals surface area contributed by atoms with E-state index in [1.54, 1.807) is 6.92 Å². The third-order valence-corrected chi connectivity index (χ3v) is 2.02. The van der Waals surface area contributed by atoms with Crippen molar-refractivity contribution in [1.29, 1.82) is 0 Å². The Hall–Kier alpha value is -1.11. The van der Waals surface area contributed by atoms with Gasteiger partial charge in [0.2, 0.25) is 0 Å². The number of carboxylic acid groups (broad SMARTS) is 1. The molecular weight excluding hydrogens is 188 g/mol. The van der Waals surface area contributed by atoms with E-state index in [4.69, 9.17) is 15.7 Å². The van der Waals surface area contributed by atoms with Crippen LogP contribution in [-0.4, -0.2) is 28.5 Å². The predicted octanol–water partition coefficient (Wildman–Crippen LogP) is -0.837. The van der Waals surface area contributed by atoms with Crippen molar-refractivity contribution >= 4 is 5.97 Å². The molecule has 0 bridgehead atoms. The van der Waals surface area contributed by atoms with Crippen molar-refractivity contribution < 1.29 is 19.8 Å². The van der Waals surface area contributed by atoms with E-state index >= 15 is 0 Å². The molecule has 1 aliphatic heterocycles. The van der Waals surface area contributed by atoms with Crippen LogP contribution in [0.5, 0.6) is 0 Å². The van der Waals surface area contributed by atoms with E-state index in [9.17, 15) is 9.90 Å². The molecule has 14 heavy (non-hydrogen) atoms. The van der Waals surface area contributed by atoms with Crippen LogP contribution in [0.3, 0.4) is 0 Å². The zero-order valence-electron chi connectivity index (χ0n) is 7.86. The summed E-state index contributed by atoms with van der Waals surface area (Å²) in [5, 5.41) is 18.5. The fourth-order valence-corrected chi connectivity index (χ4v) is 1.31. The molecule has 2 atom stereocenters. The van der Waals surface area contributed by atoms with Gasteiger partial charge in [-0.3, -0.25) is 4.79 Å². The second kappa shape index (κ2) is 3.95. The first-order chi connectivity index (χ1) is 6.47. The molecule has 0 saturated heterocycles. The van der Waals surface area contributed by atoms with E-state index in [1.165, 1.54) is 6.08 Å². The predicted molar refractivity (Wildman–Crippen MR) is 47.7 cm³/mol. The number of hydrogen-bond acceptors (Lipinski definition) is 5. The van der Waals surface area contributed by atoms with Gasteiger partial charge in [0.05, 0.1) is 5.92 Å². The van der Waals surface area contributed by atoms with Crippen LogP contribution in [0.2, 0.25) is 0 Å². The van der Waals surface area contributed by atoms with Crippen molar-refractivity contribution in [3.8, 4) is 0 Å². The fraction of sp³-hybridized carbons (Fsp3) is 0.625. The van der Waals surface area contributed by atoms with Gasteiger partial charge >= 0.3 is 5.97 Å². The number of nitrogens with one attached hydrogen (secondary N) is 1. The van der Waals surface area contributed by atoms with E-state index < -0.39 is 17.6 Å². The molecular formula is C8H14N2O4. The monoisotopic (exact) mass is 202 g/mol. The molecule has 6 heteroatoms. The SMILES string of the molecule is CC1=C[C@](O)(C[C@@H](CN)C(=O)O)NO1. The molecule has 0 spiro atoms. The first-order valence-corrected chi connectivity index (χ1v) is 4.25. The van der Waals surface area contributed by atoms with Gasteiger partial charge in [-0.1, -0.05) is 0 Å². The Bertz CT molecular complexity index is 266. The first-order valence-electron chi connectivity index (χ1n) is 4.25. The number of carbonyl (C=O) groups is 1. The molecule has 1 heterocycles. The first kappa shape index (κ1) is 11.0. The third-order valence-electron chi connectivity index (χ3n) is 2.02. The van der Waals surface area contributed by atoms with Crippen molar-refractivity contribution in [2.75, 3.05) is 6.54 Å². The maximum absolute atomic E-state index is 10.7. The lowest BCUT2D eigenvalue weighted by Crippen LogP contribution is -2.43. The maximum Gasteiger partial charge on any atom is 0.307 e. The fourth-order valence-electron chi connectivity index (χ4n) is 1.31. The van der Waals surface area contributed by atoms with Gasteiger partial charge in [0, 0.05) is 19.0 Å². The van der Waals surface area contributed by atoms with E-state index in [0.717, 1.165) is 0 Å². The van der Waals surface area contributed by atoms with Gasteiger partial charge < -0.3 is 20.8 Å². The van der Waals surface area contributed by atoms with Gasteiger partial charge in [0.25, 0.3) is 0 Å². The molecule has 1 aliphatic rings. The molecule has 0 aliphatic carbocycles. The van der Waals surface area contributed by atoms with Crippen molar-refractivity contribution in [2.45, 2.75) is 19.1 Å². The van der Waals surface area contributed by atoms with E-state index in [1.807, 2.05) is 0 Å². The topological polar surface area (TPSA) is 105 Å². The molecule has 0 amide bonds. The van der Waals surface area contributed by atoms with Crippen LogP contribution in [-0.2, 0) is 9.63 Å². The summed E-state index contributed by atoms with van der Waals surface area (Å²) in [5.41, 5.74) is 6.19. The van der Waals surface area contributed by atoms with Crippen molar-refractivity contribution in [1.82, 2.24) is 5.48 Å². The normalized spacial score (nSPS) is 28.1. The van der Waals surface area contributed by atoms with E-state index in [2.05, 4.69) is 5.48 Å². The van der Waals surface area contributed by atoms with Gasteiger partial charge in [-0.25, -0.2) is 0 Å². The molecule has 0 fully saturated rings. The van der Waals surface area contributed by atoms with Crippen LogP contribution < -0.4 is 11.2 Å². The molecule has 80 valence electrons. The van der Waals surface area contributed by atoms with Crippen LogP contribution in [0, 0.1) is 5.92 Å². The van der Waals surface area contributed by atoms with Gasteiger partial charge in [-0.05, 0) is 6.92 Å². The van der Waals surface area contributed by atoms with E-state index in [0.29, 0.717) is 5.76 Å². The number of aliphatic carboxylic acids is 1. The zero-order valence-corrected chi connectivity index (χ0v) is 7.86. The number of nitrogens with two attached hydrogens (primary N) is 1. The second-order valence-corrected chi connectivity index (χ2v) is 3.36. The van der Waals surface area contributed by atoms with Crippen LogP contribution in [0.15, 0.2) is 11.8 Å². The molecule has 0 aromatic carbocycles. The zero-order chi connectivity index (χ0) is 10.8. The highest BCUT2D eigenvalue weighted by Crippen LogP contribution is 2.22. The van der Waals surface area contributed by atoms with Crippen LogP contribution in [0.25, 0.3) is 0 Å². The standard InChI is InChI=1S/C8H14N2O4/c1-5-2-8(13,10-14-5)3-6(4-9)7(11)12/h2,6,10,13H,3-4,9H2,1H3,(H,11,12)/t6-,8-/m0/s1. The summed E-state index contributed by atoms with van der Waals surface area (Å²) < 4.78 is 0. The minimum atomic E-state index is -1.42. The van der Waals surface area contributed by atoms with Crippen LogP contribution in [0.4, 0.5) is 0 Å². The molecule has 0 unspecified atom stereocenters. The second-order valence-electron chi connectivity index (χ2n) is 3.36. The van der Waals surface area contributed by atoms with Crippen molar-refractivity contribution in [2.24, 2.45) is 11.7 Å². The Labute approximate surface area is 81.3 Å². The minimum Gasteiger partial charge on any atom is -0.481 e. The Morgan fingerprint density at radius 2 is 2.50 bits per heavy atom. The highest BCUT2D eigenvalue weighted by atomic mass is 16.7. The summed E-state index contributed by atoms with van der Waals surface area (Å²) in [5.74, 6) is -1.31. The molecule has 6 nitrogen and oxygen atoms in total. The molecule has 0 radical (unpaired) electrons. The molecule has 0 saturated carbocycles. The number of aliphatic hydroxyl groups is 1. The maximum atomic E-state index is 10.7. The molecule has 0 aromatic heterocycles. The average Bonchev–Trinajstić information content (AvgIpc) is 2.42. The minimum absolute atomic E-state index is 0.0177. The Kier molecular flexibility index (Phi) is 3.10. The molecule has 1 rings (SSSR count). The van der Waals surface area contributed by atoms with Crippen molar-refractivity contribution in [3.05, 3.63) is 11.8 Å². The Morgan fingerprint density at radius 1 is 1.86 bits per heavy atom. The quantitative estimate of drug-likeness (QED) is 0.474. The number of allylic oxidation sites excluding steroid dienone is 1. The smallest absolute Gasteiger partial charge is 0.307 e. The summed E-state index contributed by atoms with van der Waals surface area (Å²) in [6.07, 6.45) is 1.41. The van der Waals surface area contributed by atoms with Gasteiger partial charge in [-0.2, -0.15) is 0 Å². The largest absolute Gasteiger partial charge is 0.481 e. The lowest BCUT2D eigenvalue weighted by molar-refractivity contribution is -0.145. The summed E-state index contributed by atoms with van der Waals surface area (Å²) >= 11 is 0. The van der Waals surface area contributed by atoms with Gasteiger partial charge in [0.15, 0.2) is 5.72 Å². The van der Waals surface area contributed by atoms with Gasteiger partial charge in [0.1, 0.15) is 5.76 Å². The summed E-state index contributed by atoms with van der Waals surface area (Å²) in [6.45, 7) is 1.63. The number of hydroxylamine groups is 1. The summed E-state index contributed by atoms with van der Waals surface area (Å²) in [4.78, 5) is 15.5. The van der Waals surface area contributed by atoms with Crippen LogP contribution >= 0.6 is 0 Å². The highest BCUT2D eigenvalue weighted by Gasteiger charge is 2.35. The molecule has 5 N–H and O–H groups in total. The average molecular weight is 202 g/mol. The number of rotatable bonds is 4. The van der Waals surface area contributed by atoms with Gasteiger partial charge in [-0.15, -0.1) is 5.48 Å². The lowest BCUT2D eigenvalue weighted by Gasteiger charge is -2.22. The highest BCUT2D eigenvalue weighted by molar-refractivity contribution is 5.70. The van der Waals surface area contributed by atoms with E-state index in [-0.39, 0.29) is 13.0 Å². The summed E-state index contributed by atoms with van der Waals surface area (Å²) in [6, 6.07) is 0. The number of carboxylic acids is 1. The summed E-state index contributed by atoms with van der Waals surface area (Å²) in [7, 11) is 0.